The summed E-state index contributed by atoms with van der Waals surface area (Å²) in [7, 11) is 0. The summed E-state index contributed by atoms with van der Waals surface area (Å²) in [4.78, 5) is 26.5. The Bertz CT molecular complexity index is 679. The number of ketones is 2. The lowest BCUT2D eigenvalue weighted by molar-refractivity contribution is -0.129. The first-order valence-corrected chi connectivity index (χ1v) is 13.8. The number of carbonyl (C=O) groups is 2. The van der Waals surface area contributed by atoms with Crippen molar-refractivity contribution in [3.8, 4) is 0 Å². The average molecular weight is 409 g/mol. The van der Waals surface area contributed by atoms with Gasteiger partial charge in [-0.15, -0.1) is 0 Å². The maximum Gasteiger partial charge on any atom is 0.139 e. The molecule has 7 aliphatic carbocycles. The Kier molecular flexibility index (Phi) is 4.35. The molecular formula is C28H40O2. The van der Waals surface area contributed by atoms with Crippen LogP contribution in [0.2, 0.25) is 0 Å². The standard InChI is InChI=1S/C28H40O2/c29-27-21-7-3-1-5-19(21)23-11-15-9-18-14-26-24(12-16(18)10-17(15)13-25(23)27)20-6-2-4-8-22(20)28(26)30/h15-26H,1-14H2. The lowest BCUT2D eigenvalue weighted by Crippen LogP contribution is -2.44. The van der Waals surface area contributed by atoms with E-state index in [4.69, 9.17) is 0 Å². The zero-order valence-electron chi connectivity index (χ0n) is 18.6. The summed E-state index contributed by atoms with van der Waals surface area (Å²) in [5.74, 6) is 9.48. The van der Waals surface area contributed by atoms with Gasteiger partial charge in [-0.25, -0.2) is 0 Å². The molecule has 0 spiro atoms. The van der Waals surface area contributed by atoms with Gasteiger partial charge >= 0.3 is 0 Å². The molecule has 0 aromatic rings. The summed E-state index contributed by atoms with van der Waals surface area (Å²) in [6.45, 7) is 0. The van der Waals surface area contributed by atoms with Crippen LogP contribution in [0.15, 0.2) is 0 Å². The van der Waals surface area contributed by atoms with E-state index in [-0.39, 0.29) is 0 Å². The normalized spacial score (nSPS) is 56.9. The van der Waals surface area contributed by atoms with Crippen LogP contribution in [0.25, 0.3) is 0 Å². The van der Waals surface area contributed by atoms with Crippen LogP contribution in [0.1, 0.15) is 89.9 Å². The maximum atomic E-state index is 13.2. The lowest BCUT2D eigenvalue weighted by Gasteiger charge is -2.51. The molecule has 2 nitrogen and oxygen atoms in total. The molecule has 0 aliphatic heterocycles. The Morgan fingerprint density at radius 3 is 1.27 bits per heavy atom. The van der Waals surface area contributed by atoms with Crippen molar-refractivity contribution >= 4 is 11.6 Å². The van der Waals surface area contributed by atoms with Crippen LogP contribution in [-0.4, -0.2) is 11.6 Å². The van der Waals surface area contributed by atoms with E-state index >= 15 is 0 Å². The van der Waals surface area contributed by atoms with Crippen molar-refractivity contribution in [1.82, 2.24) is 0 Å². The van der Waals surface area contributed by atoms with Crippen molar-refractivity contribution in [2.24, 2.45) is 71.0 Å². The van der Waals surface area contributed by atoms with Gasteiger partial charge in [-0.05, 0) is 112 Å². The zero-order chi connectivity index (χ0) is 20.0. The third-order valence-electron chi connectivity index (χ3n) is 12.0. The van der Waals surface area contributed by atoms with Gasteiger partial charge in [-0.3, -0.25) is 9.59 Å². The number of Topliss-reactive ketones (excluding diaryl/α,β-unsaturated/α-hetero) is 2. The Labute approximate surface area is 182 Å². The molecule has 7 fully saturated rings. The first kappa shape index (κ1) is 18.9. The number of fused-ring (bicyclic) bond motifs is 8. The molecule has 0 bridgehead atoms. The lowest BCUT2D eigenvalue weighted by atomic mass is 9.53. The van der Waals surface area contributed by atoms with E-state index in [9.17, 15) is 9.59 Å². The monoisotopic (exact) mass is 408 g/mol. The van der Waals surface area contributed by atoms with Gasteiger partial charge in [0.1, 0.15) is 11.6 Å². The number of hydrogen-bond acceptors (Lipinski definition) is 2. The molecule has 0 saturated heterocycles. The van der Waals surface area contributed by atoms with Crippen molar-refractivity contribution in [3.05, 3.63) is 0 Å². The molecule has 0 N–H and O–H groups in total. The number of rotatable bonds is 0. The average Bonchev–Trinajstić information content (AvgIpc) is 3.21. The second-order valence-electron chi connectivity index (χ2n) is 12.9. The van der Waals surface area contributed by atoms with Crippen LogP contribution < -0.4 is 0 Å². The van der Waals surface area contributed by atoms with E-state index in [0.29, 0.717) is 35.2 Å². The van der Waals surface area contributed by atoms with Gasteiger partial charge in [0.25, 0.3) is 0 Å². The van der Waals surface area contributed by atoms with Gasteiger partial charge in [0, 0.05) is 23.7 Å². The molecule has 0 heterocycles. The minimum Gasteiger partial charge on any atom is -0.299 e. The van der Waals surface area contributed by atoms with E-state index in [1.807, 2.05) is 0 Å². The smallest absolute Gasteiger partial charge is 0.139 e. The van der Waals surface area contributed by atoms with Crippen molar-refractivity contribution in [3.63, 3.8) is 0 Å². The van der Waals surface area contributed by atoms with Crippen LogP contribution in [0.4, 0.5) is 0 Å². The van der Waals surface area contributed by atoms with Crippen LogP contribution in [0, 0.1) is 71.0 Å². The molecule has 7 saturated carbocycles. The first-order chi connectivity index (χ1) is 14.7. The molecular weight excluding hydrogens is 368 g/mol. The molecule has 0 aromatic carbocycles. The minimum atomic E-state index is 0.433. The topological polar surface area (TPSA) is 34.1 Å². The number of hydrogen-bond donors (Lipinski definition) is 0. The van der Waals surface area contributed by atoms with Crippen LogP contribution in [0.5, 0.6) is 0 Å². The fourth-order valence-electron chi connectivity index (χ4n) is 10.9. The molecule has 2 heteroatoms. The molecule has 7 rings (SSSR count). The second-order valence-corrected chi connectivity index (χ2v) is 12.9. The fourth-order valence-corrected chi connectivity index (χ4v) is 10.9. The SMILES string of the molecule is O=C1C2CCCCC2C2CC3CC4CC5C(=O)C6CCCCC6C5CC4CC3CC12. The molecule has 12 unspecified atom stereocenters. The Morgan fingerprint density at radius 2 is 0.800 bits per heavy atom. The first-order valence-electron chi connectivity index (χ1n) is 13.8. The van der Waals surface area contributed by atoms with Gasteiger partial charge in [-0.2, -0.15) is 0 Å². The fraction of sp³-hybridized carbons (Fsp3) is 0.929. The Balaban J connectivity index is 1.11. The van der Waals surface area contributed by atoms with Gasteiger partial charge < -0.3 is 0 Å². The molecule has 12 atom stereocenters. The predicted molar refractivity (Wildman–Crippen MR) is 117 cm³/mol. The van der Waals surface area contributed by atoms with E-state index in [0.717, 1.165) is 47.3 Å². The summed E-state index contributed by atoms with van der Waals surface area (Å²) in [5.41, 5.74) is 0. The quantitative estimate of drug-likeness (QED) is 0.487. The highest BCUT2D eigenvalue weighted by Gasteiger charge is 2.58. The third-order valence-corrected chi connectivity index (χ3v) is 12.0. The van der Waals surface area contributed by atoms with Crippen molar-refractivity contribution in [2.45, 2.75) is 89.9 Å². The highest BCUT2D eigenvalue weighted by molar-refractivity contribution is 5.87. The predicted octanol–water partition coefficient (Wildman–Crippen LogP) is 6.08. The van der Waals surface area contributed by atoms with E-state index in [1.165, 1.54) is 89.9 Å². The summed E-state index contributed by atoms with van der Waals surface area (Å²) in [5, 5.41) is 0. The van der Waals surface area contributed by atoms with Crippen molar-refractivity contribution < 1.29 is 9.59 Å². The maximum absolute atomic E-state index is 13.2. The van der Waals surface area contributed by atoms with Crippen molar-refractivity contribution in [1.29, 1.82) is 0 Å². The Morgan fingerprint density at radius 1 is 0.400 bits per heavy atom. The van der Waals surface area contributed by atoms with Gasteiger partial charge in [0.2, 0.25) is 0 Å². The van der Waals surface area contributed by atoms with Gasteiger partial charge in [-0.1, -0.05) is 25.7 Å². The van der Waals surface area contributed by atoms with Crippen molar-refractivity contribution in [2.75, 3.05) is 0 Å². The highest BCUT2D eigenvalue weighted by atomic mass is 16.1. The summed E-state index contributed by atoms with van der Waals surface area (Å²) >= 11 is 0. The molecule has 7 aliphatic rings. The van der Waals surface area contributed by atoms with Crippen LogP contribution in [0.3, 0.4) is 0 Å². The van der Waals surface area contributed by atoms with E-state index < -0.39 is 0 Å². The van der Waals surface area contributed by atoms with Crippen LogP contribution in [-0.2, 0) is 9.59 Å². The summed E-state index contributed by atoms with van der Waals surface area (Å²) < 4.78 is 0. The molecule has 0 aromatic heterocycles. The Hall–Kier alpha value is -0.660. The summed E-state index contributed by atoms with van der Waals surface area (Å²) in [6.07, 6.45) is 18.4. The number of carbonyl (C=O) groups excluding carboxylic acids is 2. The van der Waals surface area contributed by atoms with E-state index in [2.05, 4.69) is 0 Å². The van der Waals surface area contributed by atoms with Gasteiger partial charge in [0.15, 0.2) is 0 Å². The van der Waals surface area contributed by atoms with Crippen LogP contribution >= 0.6 is 0 Å². The molecule has 0 amide bonds. The third kappa shape index (κ3) is 2.60. The molecule has 0 radical (unpaired) electrons. The minimum absolute atomic E-state index is 0.433. The highest BCUT2D eigenvalue weighted by Crippen LogP contribution is 2.62. The molecule has 164 valence electrons. The largest absolute Gasteiger partial charge is 0.299 e. The van der Waals surface area contributed by atoms with Gasteiger partial charge in [0.05, 0.1) is 0 Å². The zero-order valence-corrected chi connectivity index (χ0v) is 18.6. The van der Waals surface area contributed by atoms with E-state index in [1.54, 1.807) is 0 Å². The second kappa shape index (κ2) is 6.92. The molecule has 30 heavy (non-hydrogen) atoms. The summed E-state index contributed by atoms with van der Waals surface area (Å²) in [6, 6.07) is 0.